The Morgan fingerprint density at radius 3 is 2.56 bits per heavy atom. The van der Waals surface area contributed by atoms with Crippen LogP contribution in [0, 0.1) is 5.82 Å². The van der Waals surface area contributed by atoms with E-state index in [1.165, 1.54) is 36.4 Å². The second-order valence-electron chi connectivity index (χ2n) is 8.69. The topological polar surface area (TPSA) is 128 Å². The van der Waals surface area contributed by atoms with Crippen molar-refractivity contribution in [2.75, 3.05) is 17.2 Å². The fourth-order valence-electron chi connectivity index (χ4n) is 4.37. The van der Waals surface area contributed by atoms with Crippen LogP contribution in [0.5, 0.6) is 5.75 Å². The smallest absolute Gasteiger partial charge is 0.281 e. The van der Waals surface area contributed by atoms with E-state index < -0.39 is 21.7 Å². The summed E-state index contributed by atoms with van der Waals surface area (Å²) in [4.78, 5) is 23.8. The monoisotopic (exact) mass is 519 g/mol. The van der Waals surface area contributed by atoms with Gasteiger partial charge >= 0.3 is 0 Å². The van der Waals surface area contributed by atoms with E-state index in [0.717, 1.165) is 12.8 Å². The Balaban J connectivity index is 0.00000253. The number of sulfonamides is 1. The van der Waals surface area contributed by atoms with Crippen LogP contribution in [-0.4, -0.2) is 43.0 Å². The molecule has 1 fully saturated rings. The summed E-state index contributed by atoms with van der Waals surface area (Å²) < 4.78 is 47.4. The van der Waals surface area contributed by atoms with E-state index >= 15 is 0 Å². The number of carbonyl (C=O) groups is 1. The summed E-state index contributed by atoms with van der Waals surface area (Å²) in [5.41, 5.74) is 6.58. The van der Waals surface area contributed by atoms with Gasteiger partial charge in [0.25, 0.3) is 15.9 Å². The molecule has 0 saturated carbocycles. The number of benzene rings is 1. The second kappa shape index (κ2) is 10.1. The molecule has 9 nitrogen and oxygen atoms in total. The predicted molar refractivity (Wildman–Crippen MR) is 141 cm³/mol. The Morgan fingerprint density at radius 2 is 1.89 bits per heavy atom. The largest absolute Gasteiger partial charge is 0.494 e. The minimum Gasteiger partial charge on any atom is -0.494 e. The number of aromatic nitrogens is 2. The van der Waals surface area contributed by atoms with E-state index in [1.807, 2.05) is 18.7 Å². The fourth-order valence-corrected chi connectivity index (χ4v) is 5.31. The average molecular weight is 520 g/mol. The maximum Gasteiger partial charge on any atom is 0.281 e. The number of nitrogens with one attached hydrogen (secondary N) is 1. The van der Waals surface area contributed by atoms with Gasteiger partial charge in [0.1, 0.15) is 23.2 Å². The van der Waals surface area contributed by atoms with Crippen molar-refractivity contribution >= 4 is 27.6 Å². The number of pyridine rings is 2. The molecule has 3 aromatic rings. The van der Waals surface area contributed by atoms with Gasteiger partial charge in [0.05, 0.1) is 17.9 Å². The number of anilines is 2. The van der Waals surface area contributed by atoms with Gasteiger partial charge in [-0.3, -0.25) is 4.79 Å². The second-order valence-corrected chi connectivity index (χ2v) is 10.3. The first-order valence-electron chi connectivity index (χ1n) is 11.6. The number of nitrogens with two attached hydrogens (primary N) is 1. The van der Waals surface area contributed by atoms with E-state index in [1.54, 1.807) is 19.1 Å². The van der Waals surface area contributed by atoms with Gasteiger partial charge in [0.2, 0.25) is 0 Å². The highest BCUT2D eigenvalue weighted by atomic mass is 32.2. The van der Waals surface area contributed by atoms with E-state index in [0.29, 0.717) is 29.4 Å². The quantitative estimate of drug-likeness (QED) is 0.467. The maximum absolute atomic E-state index is 14.3. The first kappa shape index (κ1) is 25.4. The Bertz CT molecular complexity index is 1400. The van der Waals surface area contributed by atoms with Gasteiger partial charge in [-0.2, -0.15) is 8.42 Å². The molecule has 0 spiro atoms. The lowest BCUT2D eigenvalue weighted by atomic mass is 10.1. The standard InChI is InChI=1S/C25H28FN5O4S.3H2/c1-4-35-19-13-17(12-18(26)14-19)21-11-10-20(24(28-21)31-15(2)8-9-16(31)3)25(32)30-36(33,34)23-7-5-6-22(27)29-23;;;/h5-7,10-16H,4,8-9H2,1-3H3,(H2,27,29)(H,30,32);3*1H/t15-,16+;;;. The molecule has 0 unspecified atom stereocenters. The molecule has 2 aromatic heterocycles. The van der Waals surface area contributed by atoms with Gasteiger partial charge in [0.15, 0.2) is 5.03 Å². The van der Waals surface area contributed by atoms with Crippen molar-refractivity contribution in [2.45, 2.75) is 50.7 Å². The fraction of sp³-hybridized carbons (Fsp3) is 0.320. The molecule has 3 heterocycles. The molecule has 1 saturated heterocycles. The van der Waals surface area contributed by atoms with Crippen molar-refractivity contribution in [3.05, 3.63) is 59.9 Å². The predicted octanol–water partition coefficient (Wildman–Crippen LogP) is 4.50. The van der Waals surface area contributed by atoms with Crippen LogP contribution < -0.4 is 20.1 Å². The van der Waals surface area contributed by atoms with Gasteiger partial charge in [-0.15, -0.1) is 0 Å². The van der Waals surface area contributed by atoms with Crippen molar-refractivity contribution in [3.8, 4) is 17.0 Å². The molecule has 0 aliphatic carbocycles. The molecule has 3 N–H and O–H groups in total. The number of halogens is 1. The van der Waals surface area contributed by atoms with Crippen LogP contribution in [-0.2, 0) is 10.0 Å². The zero-order valence-electron chi connectivity index (χ0n) is 20.2. The van der Waals surface area contributed by atoms with Gasteiger partial charge in [-0.1, -0.05) is 6.07 Å². The lowest BCUT2D eigenvalue weighted by Crippen LogP contribution is -2.37. The summed E-state index contributed by atoms with van der Waals surface area (Å²) in [5, 5.41) is -0.367. The molecular weight excluding hydrogens is 485 g/mol. The van der Waals surface area contributed by atoms with E-state index in [4.69, 9.17) is 15.5 Å². The number of carbonyl (C=O) groups excluding carboxylic acids is 1. The Hall–Kier alpha value is -3.73. The lowest BCUT2D eigenvalue weighted by molar-refractivity contribution is 0.0981. The summed E-state index contributed by atoms with van der Waals surface area (Å²) in [6.07, 6.45) is 1.77. The van der Waals surface area contributed by atoms with Crippen LogP contribution in [0.2, 0.25) is 0 Å². The molecule has 1 aromatic carbocycles. The van der Waals surface area contributed by atoms with Crippen LogP contribution in [0.3, 0.4) is 0 Å². The highest BCUT2D eigenvalue weighted by Crippen LogP contribution is 2.34. The van der Waals surface area contributed by atoms with Gasteiger partial charge < -0.3 is 15.4 Å². The van der Waals surface area contributed by atoms with Crippen molar-refractivity contribution in [1.29, 1.82) is 0 Å². The van der Waals surface area contributed by atoms with Gasteiger partial charge in [-0.25, -0.2) is 19.1 Å². The van der Waals surface area contributed by atoms with Crippen molar-refractivity contribution in [2.24, 2.45) is 0 Å². The maximum atomic E-state index is 14.3. The Morgan fingerprint density at radius 1 is 1.17 bits per heavy atom. The minimum atomic E-state index is -4.28. The molecule has 1 amide bonds. The van der Waals surface area contributed by atoms with Crippen LogP contribution in [0.15, 0.2) is 53.6 Å². The van der Waals surface area contributed by atoms with Crippen LogP contribution in [0.1, 0.15) is 48.3 Å². The summed E-state index contributed by atoms with van der Waals surface area (Å²) >= 11 is 0. The number of hydrogen-bond acceptors (Lipinski definition) is 8. The van der Waals surface area contributed by atoms with Crippen molar-refractivity contribution < 1.29 is 26.6 Å². The van der Waals surface area contributed by atoms with E-state index in [-0.39, 0.29) is 32.8 Å². The molecular formula is C25H34FN5O4S. The van der Waals surface area contributed by atoms with Crippen LogP contribution in [0.25, 0.3) is 11.3 Å². The molecule has 4 rings (SSSR count). The normalized spacial score (nSPS) is 17.7. The lowest BCUT2D eigenvalue weighted by Gasteiger charge is -2.29. The summed E-state index contributed by atoms with van der Waals surface area (Å²) in [7, 11) is -4.28. The van der Waals surface area contributed by atoms with Crippen molar-refractivity contribution in [1.82, 2.24) is 14.7 Å². The molecule has 1 aliphatic heterocycles. The molecule has 0 radical (unpaired) electrons. The third kappa shape index (κ3) is 5.25. The summed E-state index contributed by atoms with van der Waals surface area (Å²) in [5.74, 6) is -0.640. The molecule has 2 atom stereocenters. The highest BCUT2D eigenvalue weighted by molar-refractivity contribution is 7.90. The molecule has 1 aliphatic rings. The highest BCUT2D eigenvalue weighted by Gasteiger charge is 2.33. The zero-order valence-corrected chi connectivity index (χ0v) is 21.0. The SMILES string of the molecule is CCOc1cc(F)cc(-c2ccc(C(=O)NS(=O)(=O)c3cccc(N)n3)c(N3[C@H](C)CC[C@@H]3C)n2)c1.[HH].[HH].[HH]. The van der Waals surface area contributed by atoms with Gasteiger partial charge in [0, 0.05) is 28.0 Å². The van der Waals surface area contributed by atoms with Crippen LogP contribution >= 0.6 is 0 Å². The first-order chi connectivity index (χ1) is 17.1. The van der Waals surface area contributed by atoms with Crippen LogP contribution in [0.4, 0.5) is 16.0 Å². The zero-order chi connectivity index (χ0) is 26.0. The average Bonchev–Trinajstić information content (AvgIpc) is 3.16. The first-order valence-corrected chi connectivity index (χ1v) is 13.1. The van der Waals surface area contributed by atoms with E-state index in [2.05, 4.69) is 9.71 Å². The Kier molecular flexibility index (Phi) is 7.11. The number of ether oxygens (including phenoxy) is 1. The van der Waals surface area contributed by atoms with E-state index in [9.17, 15) is 17.6 Å². The third-order valence-electron chi connectivity index (χ3n) is 6.04. The molecule has 11 heteroatoms. The summed E-state index contributed by atoms with van der Waals surface area (Å²) in [6.45, 7) is 6.21. The third-order valence-corrected chi connectivity index (χ3v) is 7.27. The number of hydrogen-bond donors (Lipinski definition) is 2. The van der Waals surface area contributed by atoms with Crippen molar-refractivity contribution in [3.63, 3.8) is 0 Å². The molecule has 196 valence electrons. The minimum absolute atomic E-state index is 0. The Labute approximate surface area is 214 Å². The number of nitrogens with zero attached hydrogens (tertiary/aromatic N) is 3. The van der Waals surface area contributed by atoms with Gasteiger partial charge in [-0.05, 0) is 70.0 Å². The molecule has 36 heavy (non-hydrogen) atoms. The number of amides is 1. The number of nitrogen functional groups attached to an aromatic ring is 1. The molecule has 0 bridgehead atoms. The summed E-state index contributed by atoms with van der Waals surface area (Å²) in [6, 6.07) is 11.6. The number of rotatable bonds is 7.